The summed E-state index contributed by atoms with van der Waals surface area (Å²) in [6.07, 6.45) is -0.379. The van der Waals surface area contributed by atoms with Gasteiger partial charge in [-0.05, 0) is 55.5 Å². The number of carbonyl (C=O) groups is 1. The third-order valence-electron chi connectivity index (χ3n) is 5.30. The van der Waals surface area contributed by atoms with E-state index in [4.69, 9.17) is 9.47 Å². The summed E-state index contributed by atoms with van der Waals surface area (Å²) in [5.74, 6) is 1.12. The zero-order valence-electron chi connectivity index (χ0n) is 18.2. The molecule has 0 radical (unpaired) electrons. The van der Waals surface area contributed by atoms with Crippen LogP contribution >= 0.6 is 0 Å². The SMILES string of the molecule is COc1ccc2c(c1)N(C(=O)OC(C)(C)C)c1ccc(C(C)C)cc1C2(C)C. The monoisotopic (exact) mass is 381 g/mol. The van der Waals surface area contributed by atoms with E-state index < -0.39 is 5.60 Å². The van der Waals surface area contributed by atoms with Crippen LogP contribution in [0.4, 0.5) is 16.2 Å². The summed E-state index contributed by atoms with van der Waals surface area (Å²) in [5.41, 5.74) is 4.30. The molecule has 0 saturated heterocycles. The van der Waals surface area contributed by atoms with E-state index in [-0.39, 0.29) is 11.5 Å². The van der Waals surface area contributed by atoms with Gasteiger partial charge in [-0.2, -0.15) is 0 Å². The zero-order valence-corrected chi connectivity index (χ0v) is 18.2. The molecule has 150 valence electrons. The summed E-state index contributed by atoms with van der Waals surface area (Å²) in [7, 11) is 1.64. The van der Waals surface area contributed by atoms with Crippen LogP contribution in [0.2, 0.25) is 0 Å². The van der Waals surface area contributed by atoms with Gasteiger partial charge in [0.05, 0.1) is 18.5 Å². The summed E-state index contributed by atoms with van der Waals surface area (Å²) in [6, 6.07) is 12.3. The lowest BCUT2D eigenvalue weighted by atomic mass is 9.73. The van der Waals surface area contributed by atoms with Gasteiger partial charge in [0.2, 0.25) is 0 Å². The van der Waals surface area contributed by atoms with Crippen LogP contribution in [-0.2, 0) is 10.2 Å². The van der Waals surface area contributed by atoms with Crippen LogP contribution in [0.25, 0.3) is 0 Å². The molecule has 0 bridgehead atoms. The van der Waals surface area contributed by atoms with Gasteiger partial charge in [-0.15, -0.1) is 0 Å². The summed E-state index contributed by atoms with van der Waals surface area (Å²) >= 11 is 0. The molecule has 4 nitrogen and oxygen atoms in total. The molecular formula is C24H31NO3. The summed E-state index contributed by atoms with van der Waals surface area (Å²) in [4.78, 5) is 14.9. The molecule has 0 N–H and O–H groups in total. The van der Waals surface area contributed by atoms with E-state index in [9.17, 15) is 4.79 Å². The predicted molar refractivity (Wildman–Crippen MR) is 114 cm³/mol. The normalized spacial score (nSPS) is 15.1. The van der Waals surface area contributed by atoms with Crippen LogP contribution in [0.15, 0.2) is 36.4 Å². The Hall–Kier alpha value is -2.49. The van der Waals surface area contributed by atoms with Gasteiger partial charge in [0.25, 0.3) is 0 Å². The fraction of sp³-hybridized carbons (Fsp3) is 0.458. The first-order valence-corrected chi connectivity index (χ1v) is 9.82. The van der Waals surface area contributed by atoms with Crippen LogP contribution in [-0.4, -0.2) is 18.8 Å². The Labute approximate surface area is 168 Å². The van der Waals surface area contributed by atoms with Crippen LogP contribution in [0, 0.1) is 0 Å². The number of ether oxygens (including phenoxy) is 2. The van der Waals surface area contributed by atoms with Gasteiger partial charge in [0, 0.05) is 11.5 Å². The Balaban J connectivity index is 2.26. The average molecular weight is 382 g/mol. The van der Waals surface area contributed by atoms with Gasteiger partial charge in [0.15, 0.2) is 0 Å². The third-order valence-corrected chi connectivity index (χ3v) is 5.30. The molecule has 1 aliphatic rings. The summed E-state index contributed by atoms with van der Waals surface area (Å²) < 4.78 is 11.2. The number of rotatable bonds is 2. The molecule has 1 heterocycles. The highest BCUT2D eigenvalue weighted by molar-refractivity contribution is 6.00. The van der Waals surface area contributed by atoms with E-state index in [0.29, 0.717) is 11.7 Å². The van der Waals surface area contributed by atoms with Gasteiger partial charge >= 0.3 is 6.09 Å². The van der Waals surface area contributed by atoms with Crippen molar-refractivity contribution in [3.05, 3.63) is 53.1 Å². The maximum atomic E-state index is 13.2. The minimum Gasteiger partial charge on any atom is -0.497 e. The minimum atomic E-state index is -0.582. The van der Waals surface area contributed by atoms with E-state index in [1.165, 1.54) is 5.56 Å². The van der Waals surface area contributed by atoms with Crippen molar-refractivity contribution < 1.29 is 14.3 Å². The van der Waals surface area contributed by atoms with Crippen LogP contribution < -0.4 is 9.64 Å². The summed E-state index contributed by atoms with van der Waals surface area (Å²) in [6.45, 7) is 14.4. The van der Waals surface area contributed by atoms with E-state index in [1.807, 2.05) is 39.0 Å². The molecule has 0 atom stereocenters. The molecule has 0 saturated carbocycles. The Morgan fingerprint density at radius 3 is 2.25 bits per heavy atom. The lowest BCUT2D eigenvalue weighted by Gasteiger charge is -2.41. The third kappa shape index (κ3) is 3.48. The second-order valence-electron chi connectivity index (χ2n) is 9.26. The van der Waals surface area contributed by atoms with Crippen molar-refractivity contribution in [2.75, 3.05) is 12.0 Å². The number of benzene rings is 2. The number of amides is 1. The number of hydrogen-bond donors (Lipinski definition) is 0. The molecular weight excluding hydrogens is 350 g/mol. The molecule has 0 unspecified atom stereocenters. The van der Waals surface area contributed by atoms with E-state index in [2.05, 4.69) is 45.9 Å². The van der Waals surface area contributed by atoms with Gasteiger partial charge < -0.3 is 9.47 Å². The maximum Gasteiger partial charge on any atom is 0.419 e. The van der Waals surface area contributed by atoms with E-state index in [0.717, 1.165) is 22.5 Å². The van der Waals surface area contributed by atoms with Crippen LogP contribution in [0.3, 0.4) is 0 Å². The number of methoxy groups -OCH3 is 1. The first-order chi connectivity index (χ1) is 13.0. The number of hydrogen-bond acceptors (Lipinski definition) is 3. The van der Waals surface area contributed by atoms with Crippen LogP contribution in [0.5, 0.6) is 5.75 Å². The lowest BCUT2D eigenvalue weighted by molar-refractivity contribution is 0.0597. The second kappa shape index (κ2) is 6.84. The summed E-state index contributed by atoms with van der Waals surface area (Å²) in [5, 5.41) is 0. The highest BCUT2D eigenvalue weighted by atomic mass is 16.6. The van der Waals surface area contributed by atoms with Crippen molar-refractivity contribution in [1.82, 2.24) is 0 Å². The smallest absolute Gasteiger partial charge is 0.419 e. The van der Waals surface area contributed by atoms with E-state index in [1.54, 1.807) is 12.0 Å². The first-order valence-electron chi connectivity index (χ1n) is 9.82. The standard InChI is InChI=1S/C24H31NO3/c1-15(2)16-9-12-20-19(13-16)24(6,7)18-11-10-17(27-8)14-21(18)25(20)22(26)28-23(3,4)5/h9-15H,1-8H3. The number of fused-ring (bicyclic) bond motifs is 2. The molecule has 0 fully saturated rings. The zero-order chi connectivity index (χ0) is 20.9. The average Bonchev–Trinajstić information content (AvgIpc) is 2.59. The molecule has 0 aromatic heterocycles. The minimum absolute atomic E-state index is 0.250. The van der Waals surface area contributed by atoms with Crippen LogP contribution in [0.1, 0.15) is 71.1 Å². The Bertz CT molecular complexity index is 907. The molecule has 1 amide bonds. The maximum absolute atomic E-state index is 13.2. The quantitative estimate of drug-likeness (QED) is 0.593. The number of nitrogens with zero attached hydrogens (tertiary/aromatic N) is 1. The topological polar surface area (TPSA) is 38.8 Å². The fourth-order valence-corrected chi connectivity index (χ4v) is 3.74. The second-order valence-corrected chi connectivity index (χ2v) is 9.26. The first kappa shape index (κ1) is 20.2. The highest BCUT2D eigenvalue weighted by Crippen LogP contribution is 2.50. The predicted octanol–water partition coefficient (Wildman–Crippen LogP) is 6.53. The molecule has 28 heavy (non-hydrogen) atoms. The molecule has 0 aliphatic carbocycles. The Morgan fingerprint density at radius 2 is 1.68 bits per heavy atom. The van der Waals surface area contributed by atoms with E-state index >= 15 is 0 Å². The molecule has 0 spiro atoms. The number of carbonyl (C=O) groups excluding carboxylic acids is 1. The van der Waals surface area contributed by atoms with Crippen molar-refractivity contribution in [2.45, 2.75) is 65.4 Å². The van der Waals surface area contributed by atoms with Gasteiger partial charge in [-0.25, -0.2) is 9.69 Å². The van der Waals surface area contributed by atoms with Crippen molar-refractivity contribution in [3.8, 4) is 5.75 Å². The fourth-order valence-electron chi connectivity index (χ4n) is 3.74. The molecule has 4 heteroatoms. The molecule has 2 aromatic rings. The Kier molecular flexibility index (Phi) is 4.95. The molecule has 1 aliphatic heterocycles. The van der Waals surface area contributed by atoms with Crippen molar-refractivity contribution >= 4 is 17.5 Å². The van der Waals surface area contributed by atoms with Gasteiger partial charge in [-0.1, -0.05) is 45.9 Å². The molecule has 2 aromatic carbocycles. The molecule has 3 rings (SSSR count). The highest BCUT2D eigenvalue weighted by Gasteiger charge is 2.40. The lowest BCUT2D eigenvalue weighted by Crippen LogP contribution is -2.39. The van der Waals surface area contributed by atoms with Gasteiger partial charge in [0.1, 0.15) is 11.4 Å². The van der Waals surface area contributed by atoms with Crippen molar-refractivity contribution in [3.63, 3.8) is 0 Å². The van der Waals surface area contributed by atoms with Gasteiger partial charge in [-0.3, -0.25) is 0 Å². The Morgan fingerprint density at radius 1 is 1.00 bits per heavy atom. The van der Waals surface area contributed by atoms with Crippen molar-refractivity contribution in [2.24, 2.45) is 0 Å². The van der Waals surface area contributed by atoms with Crippen molar-refractivity contribution in [1.29, 1.82) is 0 Å². The number of anilines is 2. The largest absolute Gasteiger partial charge is 0.497 e.